The molecule has 0 aliphatic carbocycles. The highest BCUT2D eigenvalue weighted by molar-refractivity contribution is 5.95. The Balaban J connectivity index is 1.59. The average molecular weight is 422 g/mol. The number of nitrogens with zero attached hydrogens (tertiary/aromatic N) is 2. The highest BCUT2D eigenvalue weighted by Crippen LogP contribution is 2.45. The Labute approximate surface area is 184 Å². The largest absolute Gasteiger partial charge is 0.378 e. The van der Waals surface area contributed by atoms with E-state index in [4.69, 9.17) is 4.74 Å². The summed E-state index contributed by atoms with van der Waals surface area (Å²) in [5.74, 6) is -0.131. The molecule has 2 aliphatic heterocycles. The Morgan fingerprint density at radius 2 is 2.00 bits per heavy atom. The second kappa shape index (κ2) is 8.71. The van der Waals surface area contributed by atoms with Gasteiger partial charge in [-0.15, -0.1) is 0 Å². The van der Waals surface area contributed by atoms with Gasteiger partial charge in [0, 0.05) is 37.1 Å². The molecule has 164 valence electrons. The smallest absolute Gasteiger partial charge is 0.253 e. The number of ether oxygens (including phenoxy) is 1. The zero-order valence-corrected chi connectivity index (χ0v) is 18.6. The summed E-state index contributed by atoms with van der Waals surface area (Å²) < 4.78 is 5.50. The molecule has 1 fully saturated rings. The first kappa shape index (κ1) is 21.4. The van der Waals surface area contributed by atoms with Crippen LogP contribution in [0.5, 0.6) is 0 Å². The summed E-state index contributed by atoms with van der Waals surface area (Å²) >= 11 is 0. The van der Waals surface area contributed by atoms with Gasteiger partial charge in [-0.25, -0.2) is 0 Å². The van der Waals surface area contributed by atoms with E-state index >= 15 is 0 Å². The summed E-state index contributed by atoms with van der Waals surface area (Å²) in [5, 5.41) is 3.73. The Morgan fingerprint density at radius 1 is 1.23 bits per heavy atom. The topological polar surface area (TPSA) is 61.9 Å². The second-order valence-electron chi connectivity index (χ2n) is 9.16. The SMILES string of the molecule is CN(CC=O)C(=O)c1ccc2c(c1)CC(C)(C)C(c1cccc(N3CCOCC3)c1)N2. The highest BCUT2D eigenvalue weighted by Gasteiger charge is 2.36. The van der Waals surface area contributed by atoms with Crippen LogP contribution in [0.2, 0.25) is 0 Å². The maximum absolute atomic E-state index is 12.6. The van der Waals surface area contributed by atoms with Crippen LogP contribution >= 0.6 is 0 Å². The first-order valence-electron chi connectivity index (χ1n) is 10.9. The number of morpholine rings is 1. The van der Waals surface area contributed by atoms with E-state index in [1.54, 1.807) is 7.05 Å². The van der Waals surface area contributed by atoms with Gasteiger partial charge in [-0.3, -0.25) is 4.79 Å². The molecular weight excluding hydrogens is 390 g/mol. The van der Waals surface area contributed by atoms with Crippen LogP contribution in [0.3, 0.4) is 0 Å². The molecule has 0 aromatic heterocycles. The molecule has 31 heavy (non-hydrogen) atoms. The maximum Gasteiger partial charge on any atom is 0.253 e. The van der Waals surface area contributed by atoms with E-state index < -0.39 is 0 Å². The van der Waals surface area contributed by atoms with Crippen LogP contribution in [-0.2, 0) is 16.0 Å². The van der Waals surface area contributed by atoms with Crippen molar-refractivity contribution in [3.63, 3.8) is 0 Å². The molecule has 0 radical (unpaired) electrons. The molecule has 1 saturated heterocycles. The summed E-state index contributed by atoms with van der Waals surface area (Å²) in [6.07, 6.45) is 1.61. The number of amides is 1. The molecule has 6 heteroatoms. The van der Waals surface area contributed by atoms with Crippen LogP contribution < -0.4 is 10.2 Å². The number of fused-ring (bicyclic) bond motifs is 1. The predicted molar refractivity (Wildman–Crippen MR) is 123 cm³/mol. The third kappa shape index (κ3) is 4.44. The summed E-state index contributed by atoms with van der Waals surface area (Å²) in [4.78, 5) is 27.2. The number of carbonyl (C=O) groups is 2. The summed E-state index contributed by atoms with van der Waals surface area (Å²) in [6.45, 7) is 8.01. The van der Waals surface area contributed by atoms with Crippen LogP contribution in [0.25, 0.3) is 0 Å². The molecule has 0 saturated carbocycles. The molecule has 2 aromatic rings. The lowest BCUT2D eigenvalue weighted by Gasteiger charge is -2.42. The Kier molecular flexibility index (Phi) is 6.01. The third-order valence-corrected chi connectivity index (χ3v) is 6.35. The molecule has 4 rings (SSSR count). The van der Waals surface area contributed by atoms with Crippen molar-refractivity contribution in [3.05, 3.63) is 59.2 Å². The van der Waals surface area contributed by atoms with Gasteiger partial charge in [0.15, 0.2) is 0 Å². The number of rotatable bonds is 5. The van der Waals surface area contributed by atoms with Crippen molar-refractivity contribution in [1.29, 1.82) is 0 Å². The fourth-order valence-electron chi connectivity index (χ4n) is 4.63. The molecule has 2 aliphatic rings. The lowest BCUT2D eigenvalue weighted by atomic mass is 9.72. The quantitative estimate of drug-likeness (QED) is 0.749. The van der Waals surface area contributed by atoms with E-state index in [0.717, 1.165) is 50.3 Å². The molecule has 1 N–H and O–H groups in total. The van der Waals surface area contributed by atoms with Gasteiger partial charge in [0.25, 0.3) is 5.91 Å². The predicted octanol–water partition coefficient (Wildman–Crippen LogP) is 3.53. The number of nitrogens with one attached hydrogen (secondary N) is 1. The Morgan fingerprint density at radius 3 is 2.74 bits per heavy atom. The minimum absolute atomic E-state index is 0.0347. The maximum atomic E-state index is 12.6. The van der Waals surface area contributed by atoms with E-state index in [9.17, 15) is 9.59 Å². The zero-order chi connectivity index (χ0) is 22.0. The molecule has 2 heterocycles. The molecule has 0 spiro atoms. The van der Waals surface area contributed by atoms with Crippen molar-refractivity contribution in [1.82, 2.24) is 4.90 Å². The van der Waals surface area contributed by atoms with Crippen molar-refractivity contribution in [2.75, 3.05) is 50.1 Å². The number of benzene rings is 2. The summed E-state index contributed by atoms with van der Waals surface area (Å²) in [5.41, 5.74) is 5.29. The molecule has 1 atom stereocenters. The van der Waals surface area contributed by atoms with Gasteiger partial charge < -0.3 is 24.6 Å². The van der Waals surface area contributed by atoms with Gasteiger partial charge in [0.2, 0.25) is 0 Å². The normalized spacial score (nSPS) is 19.8. The minimum atomic E-state index is -0.131. The number of likely N-dealkylation sites (N-methyl/N-ethyl adjacent to an activating group) is 1. The molecule has 1 unspecified atom stereocenters. The summed E-state index contributed by atoms with van der Waals surface area (Å²) in [6, 6.07) is 14.8. The first-order chi connectivity index (χ1) is 14.9. The average Bonchev–Trinajstić information content (AvgIpc) is 2.78. The van der Waals surface area contributed by atoms with E-state index in [2.05, 4.69) is 48.3 Å². The number of hydrogen-bond donors (Lipinski definition) is 1. The fourth-order valence-corrected chi connectivity index (χ4v) is 4.63. The molecule has 2 aromatic carbocycles. The van der Waals surface area contributed by atoms with Gasteiger partial charge in [-0.1, -0.05) is 26.0 Å². The van der Waals surface area contributed by atoms with Gasteiger partial charge in [-0.2, -0.15) is 0 Å². The van der Waals surface area contributed by atoms with Crippen LogP contribution in [-0.4, -0.2) is 57.0 Å². The Bertz CT molecular complexity index is 966. The van der Waals surface area contributed by atoms with E-state index in [0.29, 0.717) is 5.56 Å². The molecular formula is C25H31N3O3. The zero-order valence-electron chi connectivity index (χ0n) is 18.6. The summed E-state index contributed by atoms with van der Waals surface area (Å²) in [7, 11) is 1.65. The lowest BCUT2D eigenvalue weighted by Crippen LogP contribution is -2.37. The van der Waals surface area contributed by atoms with Crippen molar-refractivity contribution >= 4 is 23.6 Å². The minimum Gasteiger partial charge on any atom is -0.378 e. The molecule has 0 bridgehead atoms. The number of hydrogen-bond acceptors (Lipinski definition) is 5. The molecule has 1 amide bonds. The fraction of sp³-hybridized carbons (Fsp3) is 0.440. The standard InChI is InChI=1S/C25H31N3O3/c1-25(2)17-20-15-19(24(30)27(3)9-12-29)7-8-22(20)26-23(25)18-5-4-6-21(16-18)28-10-13-31-14-11-28/h4-8,12,15-16,23,26H,9-11,13-14,17H2,1-3H3. The van der Waals surface area contributed by atoms with Crippen molar-refractivity contribution < 1.29 is 14.3 Å². The third-order valence-electron chi connectivity index (χ3n) is 6.35. The van der Waals surface area contributed by atoms with Crippen LogP contribution in [0.1, 0.15) is 41.4 Å². The Hall–Kier alpha value is -2.86. The number of carbonyl (C=O) groups excluding carboxylic acids is 2. The van der Waals surface area contributed by atoms with Crippen LogP contribution in [0.15, 0.2) is 42.5 Å². The highest BCUT2D eigenvalue weighted by atomic mass is 16.5. The molecule has 6 nitrogen and oxygen atoms in total. The van der Waals surface area contributed by atoms with Crippen LogP contribution in [0.4, 0.5) is 11.4 Å². The van der Waals surface area contributed by atoms with Gasteiger partial charge in [0.1, 0.15) is 6.29 Å². The van der Waals surface area contributed by atoms with E-state index in [1.807, 2.05) is 18.2 Å². The van der Waals surface area contributed by atoms with Gasteiger partial charge >= 0.3 is 0 Å². The van der Waals surface area contributed by atoms with Gasteiger partial charge in [0.05, 0.1) is 25.8 Å². The van der Waals surface area contributed by atoms with Crippen molar-refractivity contribution in [3.8, 4) is 0 Å². The second-order valence-corrected chi connectivity index (χ2v) is 9.16. The van der Waals surface area contributed by atoms with Crippen molar-refractivity contribution in [2.24, 2.45) is 5.41 Å². The van der Waals surface area contributed by atoms with E-state index in [-0.39, 0.29) is 23.9 Å². The first-order valence-corrected chi connectivity index (χ1v) is 10.9. The number of aldehydes is 1. The number of anilines is 2. The van der Waals surface area contributed by atoms with Crippen molar-refractivity contribution in [2.45, 2.75) is 26.3 Å². The van der Waals surface area contributed by atoms with Gasteiger partial charge in [-0.05, 0) is 53.3 Å². The monoisotopic (exact) mass is 421 g/mol. The van der Waals surface area contributed by atoms with Crippen LogP contribution in [0, 0.1) is 5.41 Å². The van der Waals surface area contributed by atoms with E-state index in [1.165, 1.54) is 16.2 Å². The lowest BCUT2D eigenvalue weighted by molar-refractivity contribution is -0.108.